The van der Waals surface area contributed by atoms with E-state index in [2.05, 4.69) is 38.1 Å². The second-order valence-corrected chi connectivity index (χ2v) is 5.43. The minimum atomic E-state index is 0.588. The molecule has 1 aromatic carbocycles. The molecule has 0 saturated carbocycles. The monoisotopic (exact) mass is 256 g/mol. The van der Waals surface area contributed by atoms with E-state index in [9.17, 15) is 0 Å². The molecular weight excluding hydrogens is 244 g/mol. The maximum Gasteiger partial charge on any atom is 0.0994 e. The molecule has 3 aromatic rings. The van der Waals surface area contributed by atoms with Crippen LogP contribution in [0.1, 0.15) is 11.6 Å². The molecule has 0 aliphatic carbocycles. The number of benzene rings is 1. The van der Waals surface area contributed by atoms with Crippen molar-refractivity contribution in [3.8, 4) is 5.69 Å². The summed E-state index contributed by atoms with van der Waals surface area (Å²) in [6.45, 7) is 2.10. The third kappa shape index (κ3) is 1.48. The highest BCUT2D eigenvalue weighted by Gasteiger charge is 2.22. The fourth-order valence-corrected chi connectivity index (χ4v) is 3.02. The average Bonchev–Trinajstić information content (AvgIpc) is 2.93. The molecule has 90 valence electrons. The van der Waals surface area contributed by atoms with Gasteiger partial charge in [-0.15, -0.1) is 11.3 Å². The zero-order valence-corrected chi connectivity index (χ0v) is 10.5. The lowest BCUT2D eigenvalue weighted by atomic mass is 10.00. The Morgan fingerprint density at radius 3 is 3.11 bits per heavy atom. The van der Waals surface area contributed by atoms with Crippen molar-refractivity contribution in [2.24, 2.45) is 0 Å². The predicted molar refractivity (Wildman–Crippen MR) is 72.4 cm³/mol. The molecule has 0 bridgehead atoms. The molecule has 4 rings (SSSR count). The summed E-state index contributed by atoms with van der Waals surface area (Å²) >= 11 is 1.68. The highest BCUT2D eigenvalue weighted by atomic mass is 32.1. The van der Waals surface area contributed by atoms with Gasteiger partial charge in [0.1, 0.15) is 0 Å². The molecule has 1 fully saturated rings. The van der Waals surface area contributed by atoms with Gasteiger partial charge < -0.3 is 9.88 Å². The van der Waals surface area contributed by atoms with E-state index in [1.807, 2.05) is 18.0 Å². The second-order valence-electron chi connectivity index (χ2n) is 4.55. The Labute approximate surface area is 108 Å². The summed E-state index contributed by atoms with van der Waals surface area (Å²) in [6, 6.07) is 6.37. The summed E-state index contributed by atoms with van der Waals surface area (Å²) < 4.78 is 3.41. The van der Waals surface area contributed by atoms with Crippen LogP contribution in [-0.4, -0.2) is 27.6 Å². The zero-order valence-electron chi connectivity index (χ0n) is 9.71. The van der Waals surface area contributed by atoms with Gasteiger partial charge >= 0.3 is 0 Å². The van der Waals surface area contributed by atoms with Crippen LogP contribution < -0.4 is 5.32 Å². The van der Waals surface area contributed by atoms with Crippen molar-refractivity contribution in [1.29, 1.82) is 0 Å². The van der Waals surface area contributed by atoms with E-state index in [1.54, 1.807) is 11.3 Å². The van der Waals surface area contributed by atoms with E-state index in [1.165, 1.54) is 16.1 Å². The molecule has 5 heteroatoms. The zero-order chi connectivity index (χ0) is 11.9. The van der Waals surface area contributed by atoms with Crippen molar-refractivity contribution in [1.82, 2.24) is 19.9 Å². The van der Waals surface area contributed by atoms with E-state index < -0.39 is 0 Å². The minimum absolute atomic E-state index is 0.588. The first kappa shape index (κ1) is 10.2. The van der Waals surface area contributed by atoms with E-state index in [-0.39, 0.29) is 0 Å². The molecule has 3 heterocycles. The third-order valence-electron chi connectivity index (χ3n) is 3.46. The van der Waals surface area contributed by atoms with Gasteiger partial charge in [-0.2, -0.15) is 0 Å². The maximum atomic E-state index is 4.31. The molecule has 18 heavy (non-hydrogen) atoms. The fraction of sp³-hybridized carbons (Fsp3) is 0.231. The van der Waals surface area contributed by atoms with Crippen LogP contribution in [0.5, 0.6) is 0 Å². The van der Waals surface area contributed by atoms with Crippen LogP contribution in [0.2, 0.25) is 0 Å². The largest absolute Gasteiger partial charge is 0.315 e. The van der Waals surface area contributed by atoms with Crippen molar-refractivity contribution in [2.45, 2.75) is 5.92 Å². The normalized spacial score (nSPS) is 16.0. The summed E-state index contributed by atoms with van der Waals surface area (Å²) in [5.41, 5.74) is 5.42. The maximum absolute atomic E-state index is 4.31. The van der Waals surface area contributed by atoms with Crippen LogP contribution in [0.3, 0.4) is 0 Å². The second kappa shape index (κ2) is 3.90. The molecule has 0 unspecified atom stereocenters. The predicted octanol–water partition coefficient (Wildman–Crippen LogP) is 2.17. The fourth-order valence-electron chi connectivity index (χ4n) is 2.31. The van der Waals surface area contributed by atoms with E-state index >= 15 is 0 Å². The number of hydrogen-bond acceptors (Lipinski definition) is 4. The van der Waals surface area contributed by atoms with Gasteiger partial charge in [-0.25, -0.2) is 9.97 Å². The van der Waals surface area contributed by atoms with Crippen LogP contribution in [0.25, 0.3) is 15.9 Å². The Bertz CT molecular complexity index is 696. The summed E-state index contributed by atoms with van der Waals surface area (Å²) in [5, 5.41) is 3.30. The van der Waals surface area contributed by atoms with Crippen molar-refractivity contribution in [3.63, 3.8) is 0 Å². The van der Waals surface area contributed by atoms with Gasteiger partial charge in [0.25, 0.3) is 0 Å². The molecule has 0 atom stereocenters. The van der Waals surface area contributed by atoms with Gasteiger partial charge in [0.05, 0.1) is 22.1 Å². The van der Waals surface area contributed by atoms with Crippen LogP contribution >= 0.6 is 11.3 Å². The number of nitrogens with one attached hydrogen (secondary N) is 1. The molecule has 0 spiro atoms. The molecule has 1 aliphatic heterocycles. The van der Waals surface area contributed by atoms with Crippen LogP contribution in [0.15, 0.2) is 36.2 Å². The van der Waals surface area contributed by atoms with Crippen molar-refractivity contribution < 1.29 is 0 Å². The van der Waals surface area contributed by atoms with E-state index in [0.717, 1.165) is 18.6 Å². The first-order valence-electron chi connectivity index (χ1n) is 5.98. The number of aromatic nitrogens is 3. The number of hydrogen-bond donors (Lipinski definition) is 1. The number of thiazole rings is 1. The van der Waals surface area contributed by atoms with Crippen molar-refractivity contribution in [3.05, 3.63) is 41.9 Å². The number of fused-ring (bicyclic) bond motifs is 1. The molecule has 4 nitrogen and oxygen atoms in total. The molecule has 2 aromatic heterocycles. The SMILES string of the molecule is c1nc2ccc(-n3cncc3C3CNC3)cc2s1. The number of imidazole rings is 1. The Morgan fingerprint density at radius 2 is 2.28 bits per heavy atom. The minimum Gasteiger partial charge on any atom is -0.315 e. The standard InChI is InChI=1S/C13H12N4S/c1-2-11-13(18-8-16-11)3-10(1)17-7-15-6-12(17)9-4-14-5-9/h1-3,6-9,14H,4-5H2. The number of rotatable bonds is 2. The Hall–Kier alpha value is -1.72. The number of nitrogens with zero attached hydrogens (tertiary/aromatic N) is 3. The van der Waals surface area contributed by atoms with Gasteiger partial charge in [0.2, 0.25) is 0 Å². The molecule has 1 aliphatic rings. The van der Waals surface area contributed by atoms with Gasteiger partial charge in [0, 0.05) is 36.6 Å². The van der Waals surface area contributed by atoms with Crippen molar-refractivity contribution in [2.75, 3.05) is 13.1 Å². The summed E-state index contributed by atoms with van der Waals surface area (Å²) in [7, 11) is 0. The van der Waals surface area contributed by atoms with Crippen LogP contribution in [-0.2, 0) is 0 Å². The lowest BCUT2D eigenvalue weighted by Gasteiger charge is -2.27. The average molecular weight is 256 g/mol. The lowest BCUT2D eigenvalue weighted by Crippen LogP contribution is -2.40. The van der Waals surface area contributed by atoms with Crippen LogP contribution in [0, 0.1) is 0 Å². The Kier molecular flexibility index (Phi) is 2.21. The van der Waals surface area contributed by atoms with Gasteiger partial charge in [-0.3, -0.25) is 0 Å². The molecule has 1 saturated heterocycles. The van der Waals surface area contributed by atoms with Gasteiger partial charge in [-0.05, 0) is 18.2 Å². The van der Waals surface area contributed by atoms with E-state index in [4.69, 9.17) is 0 Å². The molecular formula is C13H12N4S. The molecule has 0 amide bonds. The highest BCUT2D eigenvalue weighted by molar-refractivity contribution is 7.16. The van der Waals surface area contributed by atoms with Crippen LogP contribution in [0.4, 0.5) is 0 Å². The van der Waals surface area contributed by atoms with Crippen molar-refractivity contribution >= 4 is 21.6 Å². The smallest absolute Gasteiger partial charge is 0.0994 e. The lowest BCUT2D eigenvalue weighted by molar-refractivity contribution is 0.435. The molecule has 1 N–H and O–H groups in total. The quantitative estimate of drug-likeness (QED) is 0.764. The molecule has 0 radical (unpaired) electrons. The van der Waals surface area contributed by atoms with Gasteiger partial charge in [-0.1, -0.05) is 0 Å². The summed E-state index contributed by atoms with van der Waals surface area (Å²) in [5.74, 6) is 0.588. The first-order chi connectivity index (χ1) is 8.92. The van der Waals surface area contributed by atoms with E-state index in [0.29, 0.717) is 5.92 Å². The summed E-state index contributed by atoms with van der Waals surface area (Å²) in [4.78, 5) is 8.60. The van der Waals surface area contributed by atoms with Gasteiger partial charge in [0.15, 0.2) is 0 Å². The first-order valence-corrected chi connectivity index (χ1v) is 6.86. The third-order valence-corrected chi connectivity index (χ3v) is 4.25. The Balaban J connectivity index is 1.83. The Morgan fingerprint density at radius 1 is 1.33 bits per heavy atom. The summed E-state index contributed by atoms with van der Waals surface area (Å²) in [6.07, 6.45) is 3.87. The topological polar surface area (TPSA) is 42.7 Å². The highest BCUT2D eigenvalue weighted by Crippen LogP contribution is 2.26.